The van der Waals surface area contributed by atoms with Gasteiger partial charge in [-0.25, -0.2) is 4.98 Å². The minimum Gasteiger partial charge on any atom is -0.375 e. The SMILES string of the molecule is Cc1nnsc1C(=O)Nc1nc2c(s1)COCC2. The first-order chi connectivity index (χ1) is 8.74. The quantitative estimate of drug-likeness (QED) is 0.906. The lowest BCUT2D eigenvalue weighted by Crippen LogP contribution is -2.11. The number of fused-ring (bicyclic) bond motifs is 1. The van der Waals surface area contributed by atoms with Crippen LogP contribution in [0.4, 0.5) is 5.13 Å². The van der Waals surface area contributed by atoms with Crippen molar-refractivity contribution < 1.29 is 9.53 Å². The van der Waals surface area contributed by atoms with Crippen LogP contribution in [0.15, 0.2) is 0 Å². The van der Waals surface area contributed by atoms with Gasteiger partial charge in [0, 0.05) is 6.42 Å². The van der Waals surface area contributed by atoms with Gasteiger partial charge in [-0.05, 0) is 18.5 Å². The number of carbonyl (C=O) groups is 1. The molecule has 0 saturated carbocycles. The number of aromatic nitrogens is 3. The third-order valence-electron chi connectivity index (χ3n) is 2.57. The van der Waals surface area contributed by atoms with Gasteiger partial charge in [0.2, 0.25) is 0 Å². The van der Waals surface area contributed by atoms with Crippen LogP contribution >= 0.6 is 22.9 Å². The maximum Gasteiger partial charge on any atom is 0.271 e. The number of amides is 1. The van der Waals surface area contributed by atoms with Crippen LogP contribution in [0.3, 0.4) is 0 Å². The summed E-state index contributed by atoms with van der Waals surface area (Å²) in [5.74, 6) is -0.200. The predicted molar refractivity (Wildman–Crippen MR) is 68.1 cm³/mol. The molecule has 18 heavy (non-hydrogen) atoms. The van der Waals surface area contributed by atoms with Crippen LogP contribution in [0.5, 0.6) is 0 Å². The van der Waals surface area contributed by atoms with Crippen molar-refractivity contribution in [3.63, 3.8) is 0 Å². The molecule has 1 amide bonds. The summed E-state index contributed by atoms with van der Waals surface area (Å²) in [6, 6.07) is 0. The van der Waals surface area contributed by atoms with Gasteiger partial charge in [-0.15, -0.1) is 5.10 Å². The second-order valence-corrected chi connectivity index (χ2v) is 5.67. The molecular weight excluding hydrogens is 272 g/mol. The van der Waals surface area contributed by atoms with E-state index in [4.69, 9.17) is 4.74 Å². The molecule has 0 spiro atoms. The normalized spacial score (nSPS) is 14.3. The van der Waals surface area contributed by atoms with Gasteiger partial charge in [-0.1, -0.05) is 15.8 Å². The van der Waals surface area contributed by atoms with Crippen molar-refractivity contribution in [1.29, 1.82) is 0 Å². The van der Waals surface area contributed by atoms with E-state index in [1.807, 2.05) is 0 Å². The Morgan fingerprint density at radius 2 is 2.39 bits per heavy atom. The van der Waals surface area contributed by atoms with Crippen molar-refractivity contribution in [3.05, 3.63) is 21.1 Å². The fraction of sp³-hybridized carbons (Fsp3) is 0.400. The van der Waals surface area contributed by atoms with E-state index in [1.54, 1.807) is 6.92 Å². The van der Waals surface area contributed by atoms with E-state index in [1.165, 1.54) is 11.3 Å². The molecular formula is C10H10N4O2S2. The van der Waals surface area contributed by atoms with E-state index in [2.05, 4.69) is 19.9 Å². The van der Waals surface area contributed by atoms with Crippen molar-refractivity contribution in [2.75, 3.05) is 11.9 Å². The summed E-state index contributed by atoms with van der Waals surface area (Å²) >= 11 is 2.55. The highest BCUT2D eigenvalue weighted by Gasteiger charge is 2.19. The predicted octanol–water partition coefficient (Wildman–Crippen LogP) is 1.63. The zero-order valence-electron chi connectivity index (χ0n) is 9.60. The first kappa shape index (κ1) is 11.7. The third kappa shape index (κ3) is 2.14. The lowest BCUT2D eigenvalue weighted by Gasteiger charge is -2.08. The molecule has 1 aliphatic rings. The van der Waals surface area contributed by atoms with Crippen LogP contribution < -0.4 is 5.32 Å². The molecule has 0 fully saturated rings. The average Bonchev–Trinajstić information content (AvgIpc) is 2.94. The smallest absolute Gasteiger partial charge is 0.271 e. The minimum atomic E-state index is -0.200. The second kappa shape index (κ2) is 4.71. The molecule has 0 saturated heterocycles. The van der Waals surface area contributed by atoms with Crippen LogP contribution in [0.25, 0.3) is 0 Å². The summed E-state index contributed by atoms with van der Waals surface area (Å²) < 4.78 is 9.09. The molecule has 6 nitrogen and oxygen atoms in total. The number of anilines is 1. The topological polar surface area (TPSA) is 77.0 Å². The van der Waals surface area contributed by atoms with Gasteiger partial charge in [0.1, 0.15) is 4.88 Å². The zero-order valence-corrected chi connectivity index (χ0v) is 11.2. The Balaban J connectivity index is 1.79. The Morgan fingerprint density at radius 1 is 1.50 bits per heavy atom. The van der Waals surface area contributed by atoms with Crippen molar-refractivity contribution in [3.8, 4) is 0 Å². The standard InChI is InChI=1S/C10H10N4O2S2/c1-5-8(18-14-13-5)9(15)12-10-11-6-2-3-16-4-7(6)17-10/h2-4H2,1H3,(H,11,12,15). The van der Waals surface area contributed by atoms with Gasteiger partial charge in [-0.3, -0.25) is 10.1 Å². The lowest BCUT2D eigenvalue weighted by atomic mass is 10.2. The van der Waals surface area contributed by atoms with E-state index in [9.17, 15) is 4.79 Å². The number of carbonyl (C=O) groups excluding carboxylic acids is 1. The van der Waals surface area contributed by atoms with Crippen LogP contribution in [-0.2, 0) is 17.8 Å². The number of ether oxygens (including phenoxy) is 1. The maximum absolute atomic E-state index is 12.0. The molecule has 1 aliphatic heterocycles. The Labute approximate surface area is 111 Å². The number of nitrogens with zero attached hydrogens (tertiary/aromatic N) is 3. The molecule has 8 heteroatoms. The first-order valence-corrected chi connectivity index (χ1v) is 6.99. The summed E-state index contributed by atoms with van der Waals surface area (Å²) in [6.07, 6.45) is 0.808. The number of nitrogens with one attached hydrogen (secondary N) is 1. The number of hydrogen-bond acceptors (Lipinski definition) is 7. The number of aryl methyl sites for hydroxylation is 1. The Kier molecular flexibility index (Phi) is 3.06. The summed E-state index contributed by atoms with van der Waals surface area (Å²) in [5.41, 5.74) is 1.67. The van der Waals surface area contributed by atoms with Gasteiger partial charge < -0.3 is 4.74 Å². The van der Waals surface area contributed by atoms with Gasteiger partial charge in [0.05, 0.1) is 29.5 Å². The summed E-state index contributed by atoms with van der Waals surface area (Å²) in [5, 5.41) is 7.21. The highest BCUT2D eigenvalue weighted by Crippen LogP contribution is 2.27. The van der Waals surface area contributed by atoms with Crippen LogP contribution in [0, 0.1) is 6.92 Å². The molecule has 0 atom stereocenters. The first-order valence-electron chi connectivity index (χ1n) is 5.40. The second-order valence-electron chi connectivity index (χ2n) is 3.83. The molecule has 0 radical (unpaired) electrons. The summed E-state index contributed by atoms with van der Waals surface area (Å²) in [6.45, 7) is 3.05. The average molecular weight is 282 g/mol. The van der Waals surface area contributed by atoms with Gasteiger partial charge in [-0.2, -0.15) is 0 Å². The molecule has 1 N–H and O–H groups in total. The maximum atomic E-state index is 12.0. The minimum absolute atomic E-state index is 0.200. The van der Waals surface area contributed by atoms with Gasteiger partial charge >= 0.3 is 0 Å². The molecule has 0 aromatic carbocycles. The van der Waals surface area contributed by atoms with Crippen molar-refractivity contribution in [2.24, 2.45) is 0 Å². The molecule has 2 aromatic heterocycles. The fourth-order valence-corrected chi connectivity index (χ4v) is 3.16. The number of thiazole rings is 1. The van der Waals surface area contributed by atoms with Gasteiger partial charge in [0.15, 0.2) is 5.13 Å². The zero-order chi connectivity index (χ0) is 12.5. The van der Waals surface area contributed by atoms with Crippen LogP contribution in [0.1, 0.15) is 25.9 Å². The Hall–Kier alpha value is -1.38. The highest BCUT2D eigenvalue weighted by atomic mass is 32.1. The van der Waals surface area contributed by atoms with Crippen molar-refractivity contribution in [1.82, 2.24) is 14.6 Å². The number of rotatable bonds is 2. The van der Waals surface area contributed by atoms with Crippen molar-refractivity contribution >= 4 is 33.9 Å². The van der Waals surface area contributed by atoms with E-state index < -0.39 is 0 Å². The van der Waals surface area contributed by atoms with E-state index in [0.29, 0.717) is 28.9 Å². The van der Waals surface area contributed by atoms with Crippen molar-refractivity contribution in [2.45, 2.75) is 20.0 Å². The molecule has 94 valence electrons. The third-order valence-corrected chi connectivity index (χ3v) is 4.39. The molecule has 0 aliphatic carbocycles. The number of hydrogen-bond donors (Lipinski definition) is 1. The molecule has 0 bridgehead atoms. The van der Waals surface area contributed by atoms with Crippen LogP contribution in [0.2, 0.25) is 0 Å². The fourth-order valence-electron chi connectivity index (χ4n) is 1.67. The Morgan fingerprint density at radius 3 is 3.11 bits per heavy atom. The Bertz CT molecular complexity index is 569. The summed E-state index contributed by atoms with van der Waals surface area (Å²) in [4.78, 5) is 18.0. The monoisotopic (exact) mass is 282 g/mol. The molecule has 2 aromatic rings. The molecule has 0 unspecified atom stereocenters. The van der Waals surface area contributed by atoms with E-state index >= 15 is 0 Å². The molecule has 3 rings (SSSR count). The lowest BCUT2D eigenvalue weighted by molar-refractivity contribution is 0.103. The largest absolute Gasteiger partial charge is 0.375 e. The van der Waals surface area contributed by atoms with Gasteiger partial charge in [0.25, 0.3) is 5.91 Å². The molecule has 3 heterocycles. The van der Waals surface area contributed by atoms with Crippen LogP contribution in [-0.4, -0.2) is 27.1 Å². The highest BCUT2D eigenvalue weighted by molar-refractivity contribution is 7.16. The van der Waals surface area contributed by atoms with E-state index in [0.717, 1.165) is 28.5 Å². The van der Waals surface area contributed by atoms with E-state index in [-0.39, 0.29) is 5.91 Å². The summed E-state index contributed by atoms with van der Waals surface area (Å²) in [7, 11) is 0.